The molecule has 2 aliphatic carbocycles. The zero-order valence-electron chi connectivity index (χ0n) is 34.8. The molecule has 3 aromatic rings. The fourth-order valence-electron chi connectivity index (χ4n) is 8.27. The molecule has 7 atom stereocenters. The van der Waals surface area contributed by atoms with Gasteiger partial charge in [0.2, 0.25) is 27.7 Å². The Morgan fingerprint density at radius 3 is 2.42 bits per heavy atom. The lowest BCUT2D eigenvalue weighted by Crippen LogP contribution is -2.59. The third kappa shape index (κ3) is 8.86. The second-order valence-electron chi connectivity index (χ2n) is 17.3. The van der Waals surface area contributed by atoms with Crippen molar-refractivity contribution in [2.45, 2.75) is 114 Å². The van der Waals surface area contributed by atoms with Crippen LogP contribution in [-0.2, 0) is 24.4 Å². The third-order valence-corrected chi connectivity index (χ3v) is 14.3. The van der Waals surface area contributed by atoms with Crippen molar-refractivity contribution >= 4 is 44.7 Å². The summed E-state index contributed by atoms with van der Waals surface area (Å²) >= 11 is 0. The summed E-state index contributed by atoms with van der Waals surface area (Å²) in [7, 11) is -2.49. The maximum atomic E-state index is 14.6. The standard InChI is InChI=1S/C43H54N6O10S/c1-24(2)58-29-13-11-27(12-14-29)36-44-33-20-30(57-6)15-16-32(33)38(46-36)59-31-21-34-37(50)47-43(40(52)48-60(55,56)42(5)17-18-42)22-28(43)10-8-7-9-25(3)19-26(4)35(45-41(53)54)39(51)49(34)23-31/h8,10-16,20,24-26,28,31,34-35,45H,7,9,17-19,21-23H2,1-6H3,(H,47,50)(H,48,52)(H,53,54)/t25-,26-,28-,31-,34+,35+,43-/m1/s1. The largest absolute Gasteiger partial charge is 0.497 e. The third-order valence-electron chi connectivity index (χ3n) is 12.2. The number of hydrogen-bond donors (Lipinski definition) is 4. The Kier molecular flexibility index (Phi) is 11.8. The number of carbonyl (C=O) groups excluding carboxylic acids is 3. The van der Waals surface area contributed by atoms with Gasteiger partial charge >= 0.3 is 6.09 Å². The van der Waals surface area contributed by atoms with Crippen LogP contribution in [0.4, 0.5) is 4.79 Å². The fourth-order valence-corrected chi connectivity index (χ4v) is 9.58. The van der Waals surface area contributed by atoms with Crippen LogP contribution in [0.5, 0.6) is 17.4 Å². The number of ether oxygens (including phenoxy) is 3. The summed E-state index contributed by atoms with van der Waals surface area (Å²) in [6.45, 7) is 9.16. The number of benzene rings is 2. The first-order chi connectivity index (χ1) is 28.4. The minimum Gasteiger partial charge on any atom is -0.497 e. The Balaban J connectivity index is 1.24. The summed E-state index contributed by atoms with van der Waals surface area (Å²) in [6.07, 6.45) is 4.36. The number of methoxy groups -OCH3 is 1. The average Bonchev–Trinajstić information content (AvgIpc) is 4.08. The van der Waals surface area contributed by atoms with Gasteiger partial charge in [0.05, 0.1) is 35.4 Å². The van der Waals surface area contributed by atoms with Crippen LogP contribution in [-0.4, -0.2) is 100 Å². The highest BCUT2D eigenvalue weighted by atomic mass is 32.2. The van der Waals surface area contributed by atoms with Gasteiger partial charge < -0.3 is 34.9 Å². The monoisotopic (exact) mass is 846 g/mol. The number of rotatable bonds is 10. The van der Waals surface area contributed by atoms with Gasteiger partial charge in [-0.3, -0.25) is 19.1 Å². The molecule has 3 fully saturated rings. The molecule has 4 amide bonds. The maximum Gasteiger partial charge on any atom is 0.405 e. The van der Waals surface area contributed by atoms with Gasteiger partial charge in [0.1, 0.15) is 35.2 Å². The van der Waals surface area contributed by atoms with E-state index in [2.05, 4.69) is 15.4 Å². The molecule has 16 nitrogen and oxygen atoms in total. The van der Waals surface area contributed by atoms with Crippen LogP contribution in [0.15, 0.2) is 54.6 Å². The number of nitrogens with zero attached hydrogens (tertiary/aromatic N) is 3. The number of nitrogens with one attached hydrogen (secondary N) is 3. The summed E-state index contributed by atoms with van der Waals surface area (Å²) in [5, 5.41) is 15.7. The average molecular weight is 847 g/mol. The molecule has 0 radical (unpaired) electrons. The van der Waals surface area contributed by atoms with Gasteiger partial charge in [-0.25, -0.2) is 18.2 Å². The Morgan fingerprint density at radius 1 is 1.03 bits per heavy atom. The number of sulfonamides is 1. The summed E-state index contributed by atoms with van der Waals surface area (Å²) in [5.74, 6) is -1.22. The quantitative estimate of drug-likeness (QED) is 0.199. The van der Waals surface area contributed by atoms with Gasteiger partial charge in [0.25, 0.3) is 5.91 Å². The zero-order chi connectivity index (χ0) is 43.1. The Hall–Kier alpha value is -5.45. The highest BCUT2D eigenvalue weighted by Crippen LogP contribution is 2.48. The van der Waals surface area contributed by atoms with Gasteiger partial charge in [-0.1, -0.05) is 26.0 Å². The van der Waals surface area contributed by atoms with E-state index in [1.165, 1.54) is 4.90 Å². The van der Waals surface area contributed by atoms with Crippen LogP contribution in [0.1, 0.15) is 79.6 Å². The maximum absolute atomic E-state index is 14.6. The van der Waals surface area contributed by atoms with Crippen molar-refractivity contribution in [3.05, 3.63) is 54.6 Å². The molecular weight excluding hydrogens is 793 g/mol. The van der Waals surface area contributed by atoms with Crippen LogP contribution in [0.25, 0.3) is 22.3 Å². The number of aromatic nitrogens is 2. The molecule has 7 rings (SSSR count). The van der Waals surface area contributed by atoms with Crippen molar-refractivity contribution in [1.29, 1.82) is 0 Å². The van der Waals surface area contributed by atoms with E-state index in [1.54, 1.807) is 32.2 Å². The van der Waals surface area contributed by atoms with E-state index in [9.17, 15) is 32.7 Å². The van der Waals surface area contributed by atoms with Crippen LogP contribution in [0, 0.1) is 17.8 Å². The summed E-state index contributed by atoms with van der Waals surface area (Å²) < 4.78 is 45.6. The first kappa shape index (κ1) is 42.7. The van der Waals surface area contributed by atoms with Gasteiger partial charge in [-0.05, 0) is 108 Å². The van der Waals surface area contributed by atoms with E-state index in [-0.39, 0.29) is 37.3 Å². The zero-order valence-corrected chi connectivity index (χ0v) is 35.6. The van der Waals surface area contributed by atoms with Gasteiger partial charge in [0, 0.05) is 24.0 Å². The number of amides is 4. The van der Waals surface area contributed by atoms with E-state index < -0.39 is 74.1 Å². The van der Waals surface area contributed by atoms with E-state index in [4.69, 9.17) is 24.2 Å². The number of fused-ring (bicyclic) bond motifs is 3. The lowest BCUT2D eigenvalue weighted by Gasteiger charge is -2.32. The summed E-state index contributed by atoms with van der Waals surface area (Å²) in [4.78, 5) is 66.2. The predicted molar refractivity (Wildman–Crippen MR) is 222 cm³/mol. The molecular formula is C43H54N6O10S. The van der Waals surface area contributed by atoms with Crippen molar-refractivity contribution in [1.82, 2.24) is 30.2 Å². The van der Waals surface area contributed by atoms with Crippen LogP contribution < -0.4 is 29.6 Å². The Morgan fingerprint density at radius 2 is 1.75 bits per heavy atom. The topological polar surface area (TPSA) is 215 Å². The number of allylic oxidation sites excluding steroid dienone is 1. The molecule has 2 aromatic carbocycles. The SMILES string of the molecule is COc1ccc2c(O[C@@H]3C[C@H]4C(=O)N[C@]5(C(=O)NS(=O)(=O)C6(C)CC6)C[C@H]5C=CCC[C@@H](C)C[C@@H](C)[C@H](NC(=O)O)C(=O)N4C3)nc(-c3ccc(OC(C)C)cc3)nc2c1. The molecule has 17 heteroatoms. The number of carboxylic acid groups (broad SMARTS) is 1. The molecule has 0 unspecified atom stereocenters. The van der Waals surface area contributed by atoms with Gasteiger partial charge in [-0.2, -0.15) is 4.98 Å². The van der Waals surface area contributed by atoms with Gasteiger partial charge in [0.15, 0.2) is 5.82 Å². The van der Waals surface area contributed by atoms with Crippen molar-refractivity contribution in [3.63, 3.8) is 0 Å². The molecule has 2 saturated carbocycles. The highest BCUT2D eigenvalue weighted by molar-refractivity contribution is 7.91. The lowest BCUT2D eigenvalue weighted by molar-refractivity contribution is -0.142. The van der Waals surface area contributed by atoms with E-state index >= 15 is 0 Å². The Labute approximate surface area is 349 Å². The molecule has 1 saturated heterocycles. The van der Waals surface area contributed by atoms with E-state index in [0.717, 1.165) is 6.42 Å². The minimum atomic E-state index is -4.03. The molecule has 4 aliphatic rings. The van der Waals surface area contributed by atoms with Crippen molar-refractivity contribution < 1.29 is 46.9 Å². The van der Waals surface area contributed by atoms with Gasteiger partial charge in [-0.15, -0.1) is 0 Å². The van der Waals surface area contributed by atoms with E-state index in [1.807, 2.05) is 64.1 Å². The molecule has 322 valence electrons. The molecule has 1 aromatic heterocycles. The highest BCUT2D eigenvalue weighted by Gasteiger charge is 2.63. The lowest BCUT2D eigenvalue weighted by atomic mass is 9.88. The number of carbonyl (C=O) groups is 4. The molecule has 3 heterocycles. The molecule has 2 aliphatic heterocycles. The van der Waals surface area contributed by atoms with Crippen LogP contribution >= 0.6 is 0 Å². The minimum absolute atomic E-state index is 0.0194. The molecule has 0 bridgehead atoms. The molecule has 60 heavy (non-hydrogen) atoms. The van der Waals surface area contributed by atoms with Crippen LogP contribution in [0.3, 0.4) is 0 Å². The van der Waals surface area contributed by atoms with Crippen LogP contribution in [0.2, 0.25) is 0 Å². The predicted octanol–water partition coefficient (Wildman–Crippen LogP) is 4.96. The second kappa shape index (κ2) is 16.5. The molecule has 0 spiro atoms. The summed E-state index contributed by atoms with van der Waals surface area (Å²) in [5.41, 5.74) is -0.387. The second-order valence-corrected chi connectivity index (χ2v) is 19.5. The fraction of sp³-hybridized carbons (Fsp3) is 0.535. The number of hydrogen-bond acceptors (Lipinski definition) is 11. The summed E-state index contributed by atoms with van der Waals surface area (Å²) in [6, 6.07) is 10.1. The molecule has 4 N–H and O–H groups in total. The smallest absolute Gasteiger partial charge is 0.405 e. The normalized spacial score (nSPS) is 27.8. The first-order valence-corrected chi connectivity index (χ1v) is 22.0. The first-order valence-electron chi connectivity index (χ1n) is 20.6. The van der Waals surface area contributed by atoms with Crippen molar-refractivity contribution in [3.8, 4) is 28.8 Å². The van der Waals surface area contributed by atoms with Crippen molar-refractivity contribution in [2.24, 2.45) is 17.8 Å². The van der Waals surface area contributed by atoms with E-state index in [0.29, 0.717) is 59.5 Å². The van der Waals surface area contributed by atoms with Crippen molar-refractivity contribution in [2.75, 3.05) is 13.7 Å². The Bertz CT molecular complexity index is 2300.